The standard InChI is InChI=1S/C28H22NO4/c1-33-28-16-14-27(15-17-28)29(24-8-2-21(18-30)3-9-24,25-10-4-22(19-31)5-11-25)26-12-6-23(20-32)7-13-26/h2-20H,1H3/q+1. The number of aldehydes is 3. The number of carbonyl (C=O) groups is 3. The highest BCUT2D eigenvalue weighted by atomic mass is 16.5. The zero-order valence-corrected chi connectivity index (χ0v) is 18.0. The Bertz CT molecular complexity index is 1130. The molecular weight excluding hydrogens is 414 g/mol. The fourth-order valence-corrected chi connectivity index (χ4v) is 4.03. The first kappa shape index (κ1) is 21.9. The normalized spacial score (nSPS) is 10.9. The van der Waals surface area contributed by atoms with Crippen molar-refractivity contribution in [3.05, 3.63) is 114 Å². The Morgan fingerprint density at radius 1 is 0.485 bits per heavy atom. The van der Waals surface area contributed by atoms with Crippen LogP contribution in [-0.2, 0) is 0 Å². The summed E-state index contributed by atoms with van der Waals surface area (Å²) in [6, 6.07) is 29.9. The lowest BCUT2D eigenvalue weighted by atomic mass is 10.0. The van der Waals surface area contributed by atoms with Crippen molar-refractivity contribution in [1.29, 1.82) is 0 Å². The van der Waals surface area contributed by atoms with Crippen LogP contribution >= 0.6 is 0 Å². The Morgan fingerprint density at radius 3 is 1.00 bits per heavy atom. The van der Waals surface area contributed by atoms with Crippen LogP contribution in [0, 0.1) is 0 Å². The number of hydrogen-bond donors (Lipinski definition) is 0. The molecule has 0 aromatic heterocycles. The summed E-state index contributed by atoms with van der Waals surface area (Å²) >= 11 is 0. The Morgan fingerprint density at radius 2 is 0.758 bits per heavy atom. The number of nitrogens with zero attached hydrogens (tertiary/aromatic N) is 1. The monoisotopic (exact) mass is 436 g/mol. The summed E-state index contributed by atoms with van der Waals surface area (Å²) in [6.45, 7) is 0. The van der Waals surface area contributed by atoms with Crippen LogP contribution in [0.3, 0.4) is 0 Å². The molecule has 0 bridgehead atoms. The molecule has 5 heteroatoms. The summed E-state index contributed by atoms with van der Waals surface area (Å²) < 4.78 is 5.53. The molecular formula is C28H22NO4+. The molecule has 0 unspecified atom stereocenters. The highest BCUT2D eigenvalue weighted by Gasteiger charge is 2.39. The van der Waals surface area contributed by atoms with Gasteiger partial charge in [-0.25, -0.2) is 0 Å². The second-order valence-corrected chi connectivity index (χ2v) is 7.50. The number of methoxy groups -OCH3 is 1. The summed E-state index contributed by atoms with van der Waals surface area (Å²) in [5, 5.41) is 0. The maximum absolute atomic E-state index is 11.3. The van der Waals surface area contributed by atoms with Gasteiger partial charge < -0.3 is 4.74 Å². The first-order chi connectivity index (χ1) is 16.1. The topological polar surface area (TPSA) is 60.4 Å². The fourth-order valence-electron chi connectivity index (χ4n) is 4.03. The van der Waals surface area contributed by atoms with Crippen LogP contribution in [0.25, 0.3) is 0 Å². The van der Waals surface area contributed by atoms with E-state index >= 15 is 0 Å². The van der Waals surface area contributed by atoms with Crippen LogP contribution in [0.2, 0.25) is 0 Å². The summed E-state index contributed by atoms with van der Waals surface area (Å²) in [4.78, 5) is 33.9. The maximum Gasteiger partial charge on any atom is 0.150 e. The Balaban J connectivity index is 2.08. The molecule has 4 aromatic rings. The van der Waals surface area contributed by atoms with Gasteiger partial charge in [0.2, 0.25) is 0 Å². The van der Waals surface area contributed by atoms with Gasteiger partial charge in [-0.2, -0.15) is 4.48 Å². The van der Waals surface area contributed by atoms with Crippen molar-refractivity contribution in [2.24, 2.45) is 0 Å². The van der Waals surface area contributed by atoms with Gasteiger partial charge in [0.15, 0.2) is 0 Å². The summed E-state index contributed by atoms with van der Waals surface area (Å²) in [5.74, 6) is 0.723. The Labute approximate surface area is 192 Å². The number of carbonyl (C=O) groups excluding carboxylic acids is 3. The minimum Gasteiger partial charge on any atom is -0.497 e. The van der Waals surface area contributed by atoms with Gasteiger partial charge in [0.1, 0.15) is 47.4 Å². The van der Waals surface area contributed by atoms with Crippen LogP contribution in [0.4, 0.5) is 22.7 Å². The zero-order valence-electron chi connectivity index (χ0n) is 18.0. The van der Waals surface area contributed by atoms with Gasteiger partial charge in [0.25, 0.3) is 0 Å². The van der Waals surface area contributed by atoms with Gasteiger partial charge in [-0.15, -0.1) is 0 Å². The molecule has 162 valence electrons. The highest BCUT2D eigenvalue weighted by Crippen LogP contribution is 2.51. The van der Waals surface area contributed by atoms with Gasteiger partial charge in [-0.1, -0.05) is 0 Å². The lowest BCUT2D eigenvalue weighted by molar-refractivity contribution is 0.111. The lowest BCUT2D eigenvalue weighted by Crippen LogP contribution is -2.33. The van der Waals surface area contributed by atoms with E-state index in [9.17, 15) is 14.4 Å². The van der Waals surface area contributed by atoms with E-state index in [1.807, 2.05) is 60.7 Å². The molecule has 0 fully saturated rings. The van der Waals surface area contributed by atoms with Crippen molar-refractivity contribution in [3.63, 3.8) is 0 Å². The van der Waals surface area contributed by atoms with Crippen molar-refractivity contribution in [2.75, 3.05) is 7.11 Å². The van der Waals surface area contributed by atoms with Crippen molar-refractivity contribution < 1.29 is 19.1 Å². The number of ether oxygens (including phenoxy) is 1. The first-order valence-corrected chi connectivity index (χ1v) is 10.4. The zero-order chi connectivity index (χ0) is 23.3. The van der Waals surface area contributed by atoms with Crippen molar-refractivity contribution in [1.82, 2.24) is 4.48 Å². The summed E-state index contributed by atoms with van der Waals surface area (Å²) in [7, 11) is 1.62. The predicted octanol–water partition coefficient (Wildman–Crippen LogP) is 6.44. The van der Waals surface area contributed by atoms with Crippen LogP contribution in [0.1, 0.15) is 31.1 Å². The predicted molar refractivity (Wildman–Crippen MR) is 129 cm³/mol. The van der Waals surface area contributed by atoms with E-state index in [0.29, 0.717) is 16.7 Å². The minimum absolute atomic E-state index is 0.168. The van der Waals surface area contributed by atoms with E-state index in [0.717, 1.165) is 47.4 Å². The van der Waals surface area contributed by atoms with Gasteiger partial charge in [0.05, 0.1) is 7.11 Å². The van der Waals surface area contributed by atoms with Crippen LogP contribution in [0.15, 0.2) is 97.1 Å². The molecule has 0 spiro atoms. The minimum atomic E-state index is 0.168. The molecule has 0 amide bonds. The van der Waals surface area contributed by atoms with Crippen LogP contribution < -0.4 is 9.22 Å². The molecule has 0 aliphatic carbocycles. The van der Waals surface area contributed by atoms with E-state index in [-0.39, 0.29) is 4.48 Å². The average Bonchev–Trinajstić information content (AvgIpc) is 2.90. The van der Waals surface area contributed by atoms with E-state index in [1.54, 1.807) is 43.5 Å². The largest absolute Gasteiger partial charge is 0.497 e. The van der Waals surface area contributed by atoms with Crippen molar-refractivity contribution in [2.45, 2.75) is 0 Å². The van der Waals surface area contributed by atoms with Crippen molar-refractivity contribution in [3.8, 4) is 5.75 Å². The third-order valence-corrected chi connectivity index (χ3v) is 5.71. The lowest BCUT2D eigenvalue weighted by Gasteiger charge is -2.37. The van der Waals surface area contributed by atoms with E-state index < -0.39 is 0 Å². The third-order valence-electron chi connectivity index (χ3n) is 5.71. The molecule has 0 saturated heterocycles. The maximum atomic E-state index is 11.3. The number of benzene rings is 4. The second-order valence-electron chi connectivity index (χ2n) is 7.50. The van der Waals surface area contributed by atoms with Gasteiger partial charge >= 0.3 is 0 Å². The van der Waals surface area contributed by atoms with Crippen LogP contribution in [-0.4, -0.2) is 26.0 Å². The quantitative estimate of drug-likeness (QED) is 0.236. The van der Waals surface area contributed by atoms with Gasteiger partial charge in [-0.05, 0) is 48.5 Å². The molecule has 4 aromatic carbocycles. The second kappa shape index (κ2) is 9.42. The molecule has 0 aliphatic rings. The number of hydrogen-bond acceptors (Lipinski definition) is 4. The van der Waals surface area contributed by atoms with Gasteiger partial charge in [0, 0.05) is 65.2 Å². The number of rotatable bonds is 8. The average molecular weight is 436 g/mol. The third kappa shape index (κ3) is 3.97. The first-order valence-electron chi connectivity index (χ1n) is 10.4. The smallest absolute Gasteiger partial charge is 0.150 e. The van der Waals surface area contributed by atoms with E-state index in [2.05, 4.69) is 0 Å². The SMILES string of the molecule is COc1ccc([N+](c2ccc(C=O)cc2)(c2ccc(C=O)cc2)c2ccc(C=O)cc2)cc1. The van der Waals surface area contributed by atoms with E-state index in [1.165, 1.54) is 0 Å². The molecule has 0 heterocycles. The molecule has 33 heavy (non-hydrogen) atoms. The van der Waals surface area contributed by atoms with E-state index in [4.69, 9.17) is 4.74 Å². The fraction of sp³-hybridized carbons (Fsp3) is 0.0357. The molecule has 0 aliphatic heterocycles. The summed E-state index contributed by atoms with van der Waals surface area (Å²) in [5.41, 5.74) is 5.25. The Kier molecular flexibility index (Phi) is 6.24. The van der Waals surface area contributed by atoms with Crippen LogP contribution in [0.5, 0.6) is 5.75 Å². The molecule has 0 atom stereocenters. The van der Waals surface area contributed by atoms with Crippen molar-refractivity contribution >= 4 is 41.6 Å². The van der Waals surface area contributed by atoms with Gasteiger partial charge in [-0.3, -0.25) is 14.4 Å². The Hall–Kier alpha value is -4.35. The highest BCUT2D eigenvalue weighted by molar-refractivity contribution is 5.86. The molecule has 5 nitrogen and oxygen atoms in total. The number of quaternary nitrogens is 1. The molecule has 0 N–H and O–H groups in total. The molecule has 0 radical (unpaired) electrons. The molecule has 0 saturated carbocycles. The summed E-state index contributed by atoms with van der Waals surface area (Å²) in [6.07, 6.45) is 2.43. The molecule has 4 rings (SSSR count).